The summed E-state index contributed by atoms with van der Waals surface area (Å²) < 4.78 is 5.08. The Bertz CT molecular complexity index is 393. The van der Waals surface area contributed by atoms with Crippen molar-refractivity contribution >= 4 is 23.2 Å². The second kappa shape index (κ2) is 6.62. The van der Waals surface area contributed by atoms with E-state index in [4.69, 9.17) is 16.3 Å². The van der Waals surface area contributed by atoms with Gasteiger partial charge in [0.2, 0.25) is 5.91 Å². The maximum Gasteiger partial charge on any atom is 0.243 e. The number of aryl methyl sites for hydroxylation is 2. The molecule has 1 aromatic carbocycles. The van der Waals surface area contributed by atoms with E-state index >= 15 is 0 Å². The molecule has 0 aliphatic carbocycles. The van der Waals surface area contributed by atoms with Crippen LogP contribution in [0.4, 0.5) is 5.69 Å². The molecule has 0 radical (unpaired) electrons. The fraction of sp³-hybridized carbons (Fsp3) is 0.462. The highest BCUT2D eigenvalue weighted by atomic mass is 35.5. The molecule has 0 atom stereocenters. The van der Waals surface area contributed by atoms with E-state index in [9.17, 15) is 4.79 Å². The van der Waals surface area contributed by atoms with Gasteiger partial charge >= 0.3 is 0 Å². The van der Waals surface area contributed by atoms with Crippen LogP contribution in [-0.4, -0.2) is 25.6 Å². The minimum Gasteiger partial charge on any atom is -0.364 e. The lowest BCUT2D eigenvalue weighted by atomic mass is 10.0. The molecule has 0 aliphatic rings. The molecule has 1 rings (SSSR count). The van der Waals surface area contributed by atoms with Gasteiger partial charge in [0.1, 0.15) is 12.6 Å². The molecule has 0 fully saturated rings. The number of methoxy groups -OCH3 is 1. The van der Waals surface area contributed by atoms with Crippen molar-refractivity contribution < 1.29 is 9.53 Å². The standard InChI is InChI=1S/C13H18ClNO2/c1-4-11-7-5-6-10(2)13(11)15(9-17-3)12(16)8-14/h5-7H,4,8-9H2,1-3H3. The zero-order valence-corrected chi connectivity index (χ0v) is 11.3. The lowest BCUT2D eigenvalue weighted by molar-refractivity contribution is -0.117. The molecule has 4 heteroatoms. The third-order valence-electron chi connectivity index (χ3n) is 2.65. The minimum atomic E-state index is -0.141. The maximum atomic E-state index is 11.8. The van der Waals surface area contributed by atoms with E-state index in [1.807, 2.05) is 25.1 Å². The average Bonchev–Trinajstić information content (AvgIpc) is 2.35. The highest BCUT2D eigenvalue weighted by Gasteiger charge is 2.18. The largest absolute Gasteiger partial charge is 0.364 e. The van der Waals surface area contributed by atoms with Crippen molar-refractivity contribution in [3.05, 3.63) is 29.3 Å². The number of benzene rings is 1. The van der Waals surface area contributed by atoms with Crippen molar-refractivity contribution in [1.29, 1.82) is 0 Å². The summed E-state index contributed by atoms with van der Waals surface area (Å²) in [5.74, 6) is -0.182. The molecule has 0 saturated carbocycles. The van der Waals surface area contributed by atoms with Crippen LogP contribution >= 0.6 is 11.6 Å². The number of nitrogens with zero attached hydrogens (tertiary/aromatic N) is 1. The summed E-state index contributed by atoms with van der Waals surface area (Å²) in [5, 5.41) is 0. The zero-order chi connectivity index (χ0) is 12.8. The second-order valence-electron chi connectivity index (χ2n) is 3.81. The topological polar surface area (TPSA) is 29.5 Å². The van der Waals surface area contributed by atoms with Gasteiger partial charge in [-0.1, -0.05) is 25.1 Å². The van der Waals surface area contributed by atoms with Gasteiger partial charge in [-0.05, 0) is 24.5 Å². The van der Waals surface area contributed by atoms with Crippen LogP contribution in [0.5, 0.6) is 0 Å². The van der Waals surface area contributed by atoms with Crippen LogP contribution in [0, 0.1) is 6.92 Å². The molecular formula is C13H18ClNO2. The summed E-state index contributed by atoms with van der Waals surface area (Å²) in [7, 11) is 1.57. The van der Waals surface area contributed by atoms with Crippen molar-refractivity contribution in [1.82, 2.24) is 0 Å². The highest BCUT2D eigenvalue weighted by Crippen LogP contribution is 2.26. The van der Waals surface area contributed by atoms with Gasteiger partial charge in [0.15, 0.2) is 0 Å². The fourth-order valence-corrected chi connectivity index (χ4v) is 2.00. The highest BCUT2D eigenvalue weighted by molar-refractivity contribution is 6.29. The van der Waals surface area contributed by atoms with Crippen molar-refractivity contribution in [3.8, 4) is 0 Å². The molecule has 0 aromatic heterocycles. The lowest BCUT2D eigenvalue weighted by Gasteiger charge is -2.25. The number of alkyl halides is 1. The molecule has 1 aromatic rings. The quantitative estimate of drug-likeness (QED) is 0.598. The molecule has 3 nitrogen and oxygen atoms in total. The molecule has 17 heavy (non-hydrogen) atoms. The van der Waals surface area contributed by atoms with Gasteiger partial charge in [-0.2, -0.15) is 0 Å². The van der Waals surface area contributed by atoms with Crippen LogP contribution in [0.25, 0.3) is 0 Å². The van der Waals surface area contributed by atoms with E-state index < -0.39 is 0 Å². The molecule has 0 heterocycles. The number of hydrogen-bond donors (Lipinski definition) is 0. The first kappa shape index (κ1) is 14.0. The van der Waals surface area contributed by atoms with Gasteiger partial charge < -0.3 is 4.74 Å². The molecule has 1 amide bonds. The van der Waals surface area contributed by atoms with E-state index in [1.165, 1.54) is 0 Å². The number of anilines is 1. The lowest BCUT2D eigenvalue weighted by Crippen LogP contribution is -2.35. The van der Waals surface area contributed by atoms with Crippen molar-refractivity contribution in [2.24, 2.45) is 0 Å². The van der Waals surface area contributed by atoms with E-state index in [1.54, 1.807) is 12.0 Å². The molecule has 0 N–H and O–H groups in total. The number of hydrogen-bond acceptors (Lipinski definition) is 2. The monoisotopic (exact) mass is 255 g/mol. The number of carbonyl (C=O) groups excluding carboxylic acids is 1. The number of carbonyl (C=O) groups is 1. The summed E-state index contributed by atoms with van der Waals surface area (Å²) >= 11 is 5.63. The predicted octanol–water partition coefficient (Wildman–Crippen LogP) is 2.73. The summed E-state index contributed by atoms with van der Waals surface area (Å²) in [6.07, 6.45) is 0.868. The van der Waals surface area contributed by atoms with Crippen LogP contribution < -0.4 is 4.90 Å². The molecule has 0 unspecified atom stereocenters. The Balaban J connectivity index is 3.21. The second-order valence-corrected chi connectivity index (χ2v) is 4.08. The van der Waals surface area contributed by atoms with Gasteiger partial charge in [-0.3, -0.25) is 9.69 Å². The third-order valence-corrected chi connectivity index (χ3v) is 2.87. The van der Waals surface area contributed by atoms with Crippen molar-refractivity contribution in [2.75, 3.05) is 24.6 Å². The summed E-state index contributed by atoms with van der Waals surface area (Å²) in [4.78, 5) is 13.4. The number of ether oxygens (including phenoxy) is 1. The molecule has 94 valence electrons. The van der Waals surface area contributed by atoms with E-state index in [-0.39, 0.29) is 18.5 Å². The molecule has 0 spiro atoms. The van der Waals surface area contributed by atoms with Crippen molar-refractivity contribution in [2.45, 2.75) is 20.3 Å². The Morgan fingerprint density at radius 3 is 2.71 bits per heavy atom. The Morgan fingerprint density at radius 1 is 1.47 bits per heavy atom. The molecule has 0 aliphatic heterocycles. The Labute approximate surface area is 107 Å². The first-order chi connectivity index (χ1) is 8.15. The summed E-state index contributed by atoms with van der Waals surface area (Å²) in [6, 6.07) is 6.00. The maximum absolute atomic E-state index is 11.8. The molecule has 0 saturated heterocycles. The Kier molecular flexibility index (Phi) is 5.45. The normalized spacial score (nSPS) is 10.4. The summed E-state index contributed by atoms with van der Waals surface area (Å²) in [5.41, 5.74) is 3.10. The van der Waals surface area contributed by atoms with Gasteiger partial charge in [0.05, 0.1) is 5.69 Å². The number of amides is 1. The fourth-order valence-electron chi connectivity index (χ4n) is 1.85. The summed E-state index contributed by atoms with van der Waals surface area (Å²) in [6.45, 7) is 4.27. The Morgan fingerprint density at radius 2 is 2.18 bits per heavy atom. The van der Waals surface area contributed by atoms with Crippen LogP contribution in [0.1, 0.15) is 18.1 Å². The zero-order valence-electron chi connectivity index (χ0n) is 10.5. The van der Waals surface area contributed by atoms with Crippen molar-refractivity contribution in [3.63, 3.8) is 0 Å². The molecular weight excluding hydrogens is 238 g/mol. The molecule has 0 bridgehead atoms. The van der Waals surface area contributed by atoms with E-state index in [2.05, 4.69) is 6.92 Å². The van der Waals surface area contributed by atoms with E-state index in [0.29, 0.717) is 0 Å². The number of para-hydroxylation sites is 1. The number of halogens is 1. The Hall–Kier alpha value is -1.06. The van der Waals surface area contributed by atoms with Gasteiger partial charge in [0.25, 0.3) is 0 Å². The minimum absolute atomic E-state index is 0.0408. The number of rotatable bonds is 5. The smallest absolute Gasteiger partial charge is 0.243 e. The predicted molar refractivity (Wildman–Crippen MR) is 70.6 cm³/mol. The van der Waals surface area contributed by atoms with E-state index in [0.717, 1.165) is 23.2 Å². The first-order valence-electron chi connectivity index (χ1n) is 5.59. The van der Waals surface area contributed by atoms with Gasteiger partial charge in [-0.15, -0.1) is 11.6 Å². The van der Waals surface area contributed by atoms with Crippen LogP contribution in [0.3, 0.4) is 0 Å². The SMILES string of the molecule is CCc1cccc(C)c1N(COC)C(=O)CCl. The third kappa shape index (κ3) is 3.20. The first-order valence-corrected chi connectivity index (χ1v) is 6.12. The average molecular weight is 256 g/mol. The van der Waals surface area contributed by atoms with Crippen LogP contribution in [0.2, 0.25) is 0 Å². The van der Waals surface area contributed by atoms with Gasteiger partial charge in [0, 0.05) is 7.11 Å². The van der Waals surface area contributed by atoms with Crippen LogP contribution in [0.15, 0.2) is 18.2 Å². The van der Waals surface area contributed by atoms with Crippen LogP contribution in [-0.2, 0) is 16.0 Å². The van der Waals surface area contributed by atoms with Gasteiger partial charge in [-0.25, -0.2) is 0 Å².